The Morgan fingerprint density at radius 2 is 1.95 bits per heavy atom. The quantitative estimate of drug-likeness (QED) is 0.585. The van der Waals surface area contributed by atoms with Crippen LogP contribution in [0, 0.1) is 11.5 Å². The van der Waals surface area contributed by atoms with E-state index in [9.17, 15) is 0 Å². The first-order valence-electron chi connectivity index (χ1n) is 7.13. The van der Waals surface area contributed by atoms with Crippen LogP contribution in [0.15, 0.2) is 18.3 Å². The van der Waals surface area contributed by atoms with Gasteiger partial charge in [0.2, 0.25) is 0 Å². The van der Waals surface area contributed by atoms with Gasteiger partial charge in [0, 0.05) is 23.8 Å². The molecule has 0 spiro atoms. The van der Waals surface area contributed by atoms with E-state index in [-0.39, 0.29) is 5.54 Å². The molecule has 0 amide bonds. The normalized spacial score (nSPS) is 18.8. The molecule has 4 heteroatoms. The summed E-state index contributed by atoms with van der Waals surface area (Å²) in [4.78, 5) is 9.24. The lowest BCUT2D eigenvalue weighted by molar-refractivity contribution is 0.229. The average molecular weight is 287 g/mol. The van der Waals surface area contributed by atoms with Crippen LogP contribution in [0.4, 0.5) is 5.82 Å². The lowest BCUT2D eigenvalue weighted by atomic mass is 10.1. The highest BCUT2D eigenvalue weighted by molar-refractivity contribution is 6.83. The first kappa shape index (κ1) is 15.1. The summed E-state index contributed by atoms with van der Waals surface area (Å²) in [7, 11) is 0.847. The second kappa shape index (κ2) is 5.23. The number of likely N-dealkylation sites (N-methyl/N-ethyl adjacent to an activating group) is 1. The molecule has 0 aliphatic carbocycles. The standard InChI is InChI=1S/C16H25N3Si/c1-16(2)12-19(13-18(16)3)15-8-7-14(11-17-15)9-10-20(4,5)6/h7-8,11H,12-13H2,1-6H3. The highest BCUT2D eigenvalue weighted by Crippen LogP contribution is 2.25. The van der Waals surface area contributed by atoms with Crippen molar-refractivity contribution in [2.45, 2.75) is 39.0 Å². The number of hydrogen-bond donors (Lipinski definition) is 0. The maximum absolute atomic E-state index is 4.57. The van der Waals surface area contributed by atoms with Crippen molar-refractivity contribution < 1.29 is 0 Å². The maximum atomic E-state index is 4.57. The SMILES string of the molecule is CN1CN(c2ccc(C#C[Si](C)(C)C)cn2)CC1(C)C. The molecule has 2 rings (SSSR count). The van der Waals surface area contributed by atoms with Gasteiger partial charge in [0.05, 0.1) is 6.67 Å². The molecule has 0 saturated carbocycles. The summed E-state index contributed by atoms with van der Waals surface area (Å²) in [5.41, 5.74) is 4.60. The fraction of sp³-hybridized carbons (Fsp3) is 0.562. The zero-order valence-electron chi connectivity index (χ0n) is 13.5. The van der Waals surface area contributed by atoms with Gasteiger partial charge in [0.1, 0.15) is 13.9 Å². The molecule has 1 aliphatic heterocycles. The fourth-order valence-electron chi connectivity index (χ4n) is 2.15. The zero-order chi connectivity index (χ0) is 15.0. The summed E-state index contributed by atoms with van der Waals surface area (Å²) in [6.07, 6.45) is 1.90. The molecule has 1 fully saturated rings. The third kappa shape index (κ3) is 3.62. The molecule has 2 heterocycles. The van der Waals surface area contributed by atoms with Gasteiger partial charge >= 0.3 is 0 Å². The van der Waals surface area contributed by atoms with Crippen LogP contribution in [-0.4, -0.2) is 43.8 Å². The Morgan fingerprint density at radius 3 is 2.40 bits per heavy atom. The van der Waals surface area contributed by atoms with Crippen LogP contribution in [0.5, 0.6) is 0 Å². The van der Waals surface area contributed by atoms with Gasteiger partial charge in [-0.15, -0.1) is 5.54 Å². The fourth-order valence-corrected chi connectivity index (χ4v) is 2.66. The first-order valence-corrected chi connectivity index (χ1v) is 10.6. The molecule has 0 aromatic carbocycles. The van der Waals surface area contributed by atoms with Crippen LogP contribution in [-0.2, 0) is 0 Å². The summed E-state index contributed by atoms with van der Waals surface area (Å²) >= 11 is 0. The van der Waals surface area contributed by atoms with E-state index in [1.54, 1.807) is 0 Å². The molecular weight excluding hydrogens is 262 g/mol. The Labute approximate surface area is 124 Å². The first-order chi connectivity index (χ1) is 9.17. The molecule has 0 N–H and O–H groups in total. The smallest absolute Gasteiger partial charge is 0.129 e. The van der Waals surface area contributed by atoms with Gasteiger partial charge in [-0.2, -0.15) is 0 Å². The Morgan fingerprint density at radius 1 is 1.25 bits per heavy atom. The van der Waals surface area contributed by atoms with E-state index in [1.165, 1.54) is 0 Å². The van der Waals surface area contributed by atoms with E-state index in [0.29, 0.717) is 0 Å². The number of rotatable bonds is 1. The molecule has 108 valence electrons. The lowest BCUT2D eigenvalue weighted by Crippen LogP contribution is -2.36. The predicted octanol–water partition coefficient (Wildman–Crippen LogP) is 2.80. The molecule has 0 radical (unpaired) electrons. The molecule has 20 heavy (non-hydrogen) atoms. The van der Waals surface area contributed by atoms with Gasteiger partial charge in [0.25, 0.3) is 0 Å². The van der Waals surface area contributed by atoms with Crippen LogP contribution < -0.4 is 4.90 Å². The minimum Gasteiger partial charge on any atom is -0.342 e. The topological polar surface area (TPSA) is 19.4 Å². The van der Waals surface area contributed by atoms with E-state index >= 15 is 0 Å². The minimum absolute atomic E-state index is 0.206. The van der Waals surface area contributed by atoms with Crippen LogP contribution in [0.3, 0.4) is 0 Å². The van der Waals surface area contributed by atoms with Crippen LogP contribution in [0.2, 0.25) is 19.6 Å². The molecular formula is C16H25N3Si. The van der Waals surface area contributed by atoms with Crippen LogP contribution in [0.25, 0.3) is 0 Å². The molecule has 0 atom stereocenters. The van der Waals surface area contributed by atoms with Crippen molar-refractivity contribution >= 4 is 13.9 Å². The van der Waals surface area contributed by atoms with Gasteiger partial charge in [0.15, 0.2) is 0 Å². The van der Waals surface area contributed by atoms with Crippen molar-refractivity contribution in [3.63, 3.8) is 0 Å². The zero-order valence-corrected chi connectivity index (χ0v) is 14.5. The van der Waals surface area contributed by atoms with E-state index in [2.05, 4.69) is 78.9 Å². The van der Waals surface area contributed by atoms with Crippen molar-refractivity contribution in [1.29, 1.82) is 0 Å². The third-order valence-electron chi connectivity index (χ3n) is 3.65. The second-order valence-corrected chi connectivity index (χ2v) is 12.0. The van der Waals surface area contributed by atoms with Crippen molar-refractivity contribution in [3.8, 4) is 11.5 Å². The van der Waals surface area contributed by atoms with Crippen LogP contribution >= 0.6 is 0 Å². The molecule has 1 aromatic heterocycles. The second-order valence-electron chi connectivity index (χ2n) is 7.25. The summed E-state index contributed by atoms with van der Waals surface area (Å²) in [5.74, 6) is 4.29. The number of pyridine rings is 1. The Balaban J connectivity index is 2.11. The Hall–Kier alpha value is -1.31. The van der Waals surface area contributed by atoms with Gasteiger partial charge in [-0.3, -0.25) is 4.90 Å². The largest absolute Gasteiger partial charge is 0.342 e. The average Bonchev–Trinajstić information content (AvgIpc) is 2.61. The minimum atomic E-state index is -1.31. The number of anilines is 1. The molecule has 3 nitrogen and oxygen atoms in total. The summed E-state index contributed by atoms with van der Waals surface area (Å²) < 4.78 is 0. The highest BCUT2D eigenvalue weighted by atomic mass is 28.3. The van der Waals surface area contributed by atoms with Crippen molar-refractivity contribution in [2.75, 3.05) is 25.2 Å². The molecule has 0 unspecified atom stereocenters. The lowest BCUT2D eigenvalue weighted by Gasteiger charge is -2.24. The molecule has 0 bridgehead atoms. The van der Waals surface area contributed by atoms with E-state index in [1.807, 2.05) is 6.20 Å². The highest BCUT2D eigenvalue weighted by Gasteiger charge is 2.34. The van der Waals surface area contributed by atoms with Gasteiger partial charge in [-0.05, 0) is 33.0 Å². The Bertz CT molecular complexity index is 532. The third-order valence-corrected chi connectivity index (χ3v) is 4.52. The Kier molecular flexibility index (Phi) is 3.94. The van der Waals surface area contributed by atoms with Crippen molar-refractivity contribution in [1.82, 2.24) is 9.88 Å². The van der Waals surface area contributed by atoms with Gasteiger partial charge < -0.3 is 4.90 Å². The molecule has 1 aromatic rings. The summed E-state index contributed by atoms with van der Waals surface area (Å²) in [6.45, 7) is 13.2. The number of nitrogens with zero attached hydrogens (tertiary/aromatic N) is 3. The van der Waals surface area contributed by atoms with Gasteiger partial charge in [-0.1, -0.05) is 25.6 Å². The molecule has 1 saturated heterocycles. The van der Waals surface area contributed by atoms with Gasteiger partial charge in [-0.25, -0.2) is 4.98 Å². The monoisotopic (exact) mass is 287 g/mol. The molecule has 1 aliphatic rings. The van der Waals surface area contributed by atoms with E-state index in [0.717, 1.165) is 24.6 Å². The van der Waals surface area contributed by atoms with Crippen LogP contribution in [0.1, 0.15) is 19.4 Å². The van der Waals surface area contributed by atoms with E-state index < -0.39 is 8.07 Å². The van der Waals surface area contributed by atoms with Crippen molar-refractivity contribution in [3.05, 3.63) is 23.9 Å². The van der Waals surface area contributed by atoms with Crippen molar-refractivity contribution in [2.24, 2.45) is 0 Å². The number of aromatic nitrogens is 1. The number of hydrogen-bond acceptors (Lipinski definition) is 3. The summed E-state index contributed by atoms with van der Waals surface area (Å²) in [6, 6.07) is 4.17. The predicted molar refractivity (Wildman–Crippen MR) is 88.5 cm³/mol. The maximum Gasteiger partial charge on any atom is 0.129 e. The van der Waals surface area contributed by atoms with E-state index in [4.69, 9.17) is 0 Å². The summed E-state index contributed by atoms with van der Waals surface area (Å²) in [5, 5.41) is 0.